The van der Waals surface area contributed by atoms with Crippen LogP contribution in [0.25, 0.3) is 22.2 Å². The minimum atomic E-state index is -1.31. The first-order valence-electron chi connectivity index (χ1n) is 11.2. The molecule has 4 heterocycles. The van der Waals surface area contributed by atoms with Gasteiger partial charge in [0.2, 0.25) is 0 Å². The van der Waals surface area contributed by atoms with Crippen LogP contribution in [0.2, 0.25) is 0 Å². The molecule has 0 spiro atoms. The van der Waals surface area contributed by atoms with Gasteiger partial charge in [-0.3, -0.25) is 4.68 Å². The zero-order chi connectivity index (χ0) is 22.1. The lowest BCUT2D eigenvalue weighted by atomic mass is 9.93. The summed E-state index contributed by atoms with van der Waals surface area (Å²) in [6.45, 7) is 7.75. The third-order valence-corrected chi connectivity index (χ3v) is 6.79. The van der Waals surface area contributed by atoms with E-state index in [1.807, 2.05) is 30.5 Å². The fourth-order valence-corrected chi connectivity index (χ4v) is 4.73. The van der Waals surface area contributed by atoms with Crippen molar-refractivity contribution in [2.75, 3.05) is 31.1 Å². The maximum Gasteiger partial charge on any atom is 0.137 e. The van der Waals surface area contributed by atoms with Crippen LogP contribution in [0, 0.1) is 17.2 Å². The zero-order valence-electron chi connectivity index (χ0n) is 18.1. The molecule has 2 fully saturated rings. The summed E-state index contributed by atoms with van der Waals surface area (Å²) in [5.74, 6) is 1.41. The lowest BCUT2D eigenvalue weighted by Gasteiger charge is -2.36. The standard InChI is InChI=1S/C25H27FN6/c1-2-25(26)8-11-31(12-9-25)24-21(20-5-3-18(14-27)4-6-20)13-23-22(30-24)16-29-32(23)17-19-7-10-28-15-19/h2-6,13,16,19,28H,1,7-12,15,17H2. The number of nitriles is 1. The molecule has 1 unspecified atom stereocenters. The average Bonchev–Trinajstić information content (AvgIpc) is 3.49. The fourth-order valence-electron chi connectivity index (χ4n) is 4.73. The Hall–Kier alpha value is -3.24. The van der Waals surface area contributed by atoms with Crippen molar-refractivity contribution >= 4 is 16.9 Å². The zero-order valence-corrected chi connectivity index (χ0v) is 18.1. The third-order valence-electron chi connectivity index (χ3n) is 6.79. The Kier molecular flexibility index (Phi) is 5.40. The summed E-state index contributed by atoms with van der Waals surface area (Å²) < 4.78 is 16.8. The molecule has 5 rings (SSSR count). The Morgan fingerprint density at radius 3 is 2.72 bits per heavy atom. The second kappa shape index (κ2) is 8.36. The van der Waals surface area contributed by atoms with Gasteiger partial charge in [-0.25, -0.2) is 9.37 Å². The SMILES string of the molecule is C=CC1(F)CCN(c2nc3cnn(CC4CCNC4)c3cc2-c2ccc(C#N)cc2)CC1. The summed E-state index contributed by atoms with van der Waals surface area (Å²) >= 11 is 0. The number of rotatable bonds is 5. The van der Waals surface area contributed by atoms with E-state index in [9.17, 15) is 9.65 Å². The highest BCUT2D eigenvalue weighted by Gasteiger charge is 2.33. The highest BCUT2D eigenvalue weighted by Crippen LogP contribution is 2.36. The van der Waals surface area contributed by atoms with Crippen LogP contribution in [0.4, 0.5) is 10.2 Å². The van der Waals surface area contributed by atoms with Gasteiger partial charge in [-0.2, -0.15) is 10.4 Å². The first kappa shape index (κ1) is 20.7. The lowest BCUT2D eigenvalue weighted by molar-refractivity contribution is 0.184. The summed E-state index contributed by atoms with van der Waals surface area (Å²) in [5.41, 5.74) is 3.14. The van der Waals surface area contributed by atoms with E-state index in [2.05, 4.69) is 38.7 Å². The molecule has 1 N–H and O–H groups in total. The number of hydrogen-bond donors (Lipinski definition) is 1. The van der Waals surface area contributed by atoms with Crippen LogP contribution in [0.15, 0.2) is 49.2 Å². The average molecular weight is 431 g/mol. The predicted molar refractivity (Wildman–Crippen MR) is 124 cm³/mol. The topological polar surface area (TPSA) is 69.8 Å². The van der Waals surface area contributed by atoms with E-state index < -0.39 is 5.67 Å². The van der Waals surface area contributed by atoms with Gasteiger partial charge >= 0.3 is 0 Å². The molecule has 2 aliphatic heterocycles. The van der Waals surface area contributed by atoms with E-state index in [0.29, 0.717) is 37.4 Å². The van der Waals surface area contributed by atoms with E-state index in [1.54, 1.807) is 0 Å². The Balaban J connectivity index is 1.56. The number of allylic oxidation sites excluding steroid dienone is 1. The van der Waals surface area contributed by atoms with Crippen molar-refractivity contribution in [3.63, 3.8) is 0 Å². The number of fused-ring (bicyclic) bond motifs is 1. The predicted octanol–water partition coefficient (Wildman–Crippen LogP) is 4.07. The van der Waals surface area contributed by atoms with Crippen molar-refractivity contribution in [2.24, 2.45) is 5.92 Å². The number of nitrogens with zero attached hydrogens (tertiary/aromatic N) is 5. The van der Waals surface area contributed by atoms with Gasteiger partial charge in [0.25, 0.3) is 0 Å². The molecule has 0 bridgehead atoms. The molecule has 0 aliphatic carbocycles. The van der Waals surface area contributed by atoms with Crippen LogP contribution in [0.1, 0.15) is 24.8 Å². The molecular weight excluding hydrogens is 403 g/mol. The summed E-state index contributed by atoms with van der Waals surface area (Å²) in [4.78, 5) is 7.16. The van der Waals surface area contributed by atoms with Crippen molar-refractivity contribution in [1.82, 2.24) is 20.1 Å². The molecule has 6 nitrogen and oxygen atoms in total. The van der Waals surface area contributed by atoms with Gasteiger partial charge in [0.15, 0.2) is 0 Å². The normalized spacial score (nSPS) is 20.4. The fraction of sp³-hybridized carbons (Fsp3) is 0.400. The number of alkyl halides is 1. The summed E-state index contributed by atoms with van der Waals surface area (Å²) in [7, 11) is 0. The van der Waals surface area contributed by atoms with Crippen molar-refractivity contribution in [1.29, 1.82) is 5.26 Å². The maximum atomic E-state index is 14.7. The van der Waals surface area contributed by atoms with Crippen LogP contribution in [-0.2, 0) is 6.54 Å². The first-order valence-corrected chi connectivity index (χ1v) is 11.2. The molecule has 1 atom stereocenters. The summed E-state index contributed by atoms with van der Waals surface area (Å²) in [6.07, 6.45) is 5.21. The molecule has 0 amide bonds. The monoisotopic (exact) mass is 430 g/mol. The van der Waals surface area contributed by atoms with Gasteiger partial charge in [-0.05, 0) is 49.2 Å². The largest absolute Gasteiger partial charge is 0.356 e. The number of nitrogens with one attached hydrogen (secondary N) is 1. The number of aromatic nitrogens is 3. The van der Waals surface area contributed by atoms with Gasteiger partial charge in [-0.15, -0.1) is 0 Å². The smallest absolute Gasteiger partial charge is 0.137 e. The number of piperidine rings is 1. The summed E-state index contributed by atoms with van der Waals surface area (Å²) in [6, 6.07) is 11.9. The first-order chi connectivity index (χ1) is 15.6. The van der Waals surface area contributed by atoms with Crippen molar-refractivity contribution in [3.8, 4) is 17.2 Å². The van der Waals surface area contributed by atoms with Gasteiger partial charge < -0.3 is 10.2 Å². The number of pyridine rings is 1. The minimum Gasteiger partial charge on any atom is -0.356 e. The minimum absolute atomic E-state index is 0.400. The number of halogens is 1. The highest BCUT2D eigenvalue weighted by atomic mass is 19.1. The number of anilines is 1. The van der Waals surface area contributed by atoms with Crippen LogP contribution in [0.5, 0.6) is 0 Å². The van der Waals surface area contributed by atoms with Crippen molar-refractivity contribution in [2.45, 2.75) is 31.5 Å². The molecule has 2 saturated heterocycles. The van der Waals surface area contributed by atoms with Crippen molar-refractivity contribution < 1.29 is 4.39 Å². The number of hydrogen-bond acceptors (Lipinski definition) is 5. The molecule has 3 aromatic rings. The molecular formula is C25H27FN6. The molecule has 0 radical (unpaired) electrons. The Bertz CT molecular complexity index is 1160. The molecule has 2 aromatic heterocycles. The molecule has 32 heavy (non-hydrogen) atoms. The molecule has 1 aromatic carbocycles. The van der Waals surface area contributed by atoms with Crippen LogP contribution >= 0.6 is 0 Å². The molecule has 2 aliphatic rings. The van der Waals surface area contributed by atoms with Crippen LogP contribution in [0.3, 0.4) is 0 Å². The van der Waals surface area contributed by atoms with Gasteiger partial charge in [0.05, 0.1) is 23.3 Å². The molecule has 164 valence electrons. The van der Waals surface area contributed by atoms with Gasteiger partial charge in [0.1, 0.15) is 17.0 Å². The van der Waals surface area contributed by atoms with E-state index in [0.717, 1.165) is 54.0 Å². The quantitative estimate of drug-likeness (QED) is 0.618. The van der Waals surface area contributed by atoms with E-state index in [4.69, 9.17) is 4.98 Å². The second-order valence-electron chi connectivity index (χ2n) is 8.86. The maximum absolute atomic E-state index is 14.7. The second-order valence-corrected chi connectivity index (χ2v) is 8.86. The van der Waals surface area contributed by atoms with Crippen LogP contribution in [-0.4, -0.2) is 46.6 Å². The van der Waals surface area contributed by atoms with Gasteiger partial charge in [-0.1, -0.05) is 24.8 Å². The summed E-state index contributed by atoms with van der Waals surface area (Å²) in [5, 5.41) is 17.2. The number of benzene rings is 1. The van der Waals surface area contributed by atoms with Gasteiger partial charge in [0, 0.05) is 38.0 Å². The molecule has 7 heteroatoms. The molecule has 0 saturated carbocycles. The highest BCUT2D eigenvalue weighted by molar-refractivity contribution is 5.88. The third kappa shape index (κ3) is 3.87. The Labute approximate surface area is 187 Å². The Morgan fingerprint density at radius 2 is 2.06 bits per heavy atom. The van der Waals surface area contributed by atoms with E-state index in [-0.39, 0.29) is 0 Å². The van der Waals surface area contributed by atoms with Crippen LogP contribution < -0.4 is 10.2 Å². The van der Waals surface area contributed by atoms with Crippen molar-refractivity contribution in [3.05, 3.63) is 54.7 Å². The lowest BCUT2D eigenvalue weighted by Crippen LogP contribution is -2.41. The Morgan fingerprint density at radius 1 is 1.28 bits per heavy atom. The van der Waals surface area contributed by atoms with E-state index >= 15 is 0 Å². The van der Waals surface area contributed by atoms with E-state index in [1.165, 1.54) is 6.08 Å².